The fourth-order valence-corrected chi connectivity index (χ4v) is 4.19. The molecule has 2 aromatic carbocycles. The van der Waals surface area contributed by atoms with Gasteiger partial charge in [-0.1, -0.05) is 19.1 Å². The number of carbonyl (C=O) groups is 2. The summed E-state index contributed by atoms with van der Waals surface area (Å²) in [6, 6.07) is 12.1. The third-order valence-corrected chi connectivity index (χ3v) is 6.06. The van der Waals surface area contributed by atoms with Crippen molar-refractivity contribution in [2.75, 3.05) is 29.6 Å². The minimum absolute atomic E-state index is 0.0525. The van der Waals surface area contributed by atoms with Gasteiger partial charge in [-0.3, -0.25) is 13.8 Å². The summed E-state index contributed by atoms with van der Waals surface area (Å²) >= 11 is 0. The van der Waals surface area contributed by atoms with Gasteiger partial charge in [-0.2, -0.15) is 0 Å². The molecule has 7 heteroatoms. The summed E-state index contributed by atoms with van der Waals surface area (Å²) in [5.74, 6) is 0.740. The van der Waals surface area contributed by atoms with Gasteiger partial charge in [0.1, 0.15) is 5.75 Å². The smallest absolute Gasteiger partial charge is 0.256 e. The molecule has 6 nitrogen and oxygen atoms in total. The molecule has 0 aromatic heterocycles. The Morgan fingerprint density at radius 2 is 2.00 bits per heavy atom. The van der Waals surface area contributed by atoms with E-state index < -0.39 is 10.8 Å². The average molecular weight is 401 g/mol. The molecule has 2 amide bonds. The summed E-state index contributed by atoms with van der Waals surface area (Å²) in [6.07, 6.45) is 2.33. The summed E-state index contributed by atoms with van der Waals surface area (Å²) in [5, 5.41) is 2.86. The van der Waals surface area contributed by atoms with Crippen LogP contribution in [0.2, 0.25) is 0 Å². The first-order chi connectivity index (χ1) is 13.5. The summed E-state index contributed by atoms with van der Waals surface area (Å²) in [4.78, 5) is 27.3. The van der Waals surface area contributed by atoms with E-state index in [-0.39, 0.29) is 11.8 Å². The van der Waals surface area contributed by atoms with Crippen molar-refractivity contribution < 1.29 is 18.5 Å². The number of nitrogens with zero attached hydrogens (tertiary/aromatic N) is 1. The number of rotatable bonds is 6. The second kappa shape index (κ2) is 9.01. The van der Waals surface area contributed by atoms with Gasteiger partial charge in [0.05, 0.1) is 34.1 Å². The molecular formula is C21H24N2O4S. The lowest BCUT2D eigenvalue weighted by molar-refractivity contribution is -0.119. The maximum absolute atomic E-state index is 12.8. The highest BCUT2D eigenvalue weighted by Crippen LogP contribution is 2.34. The molecule has 0 spiro atoms. The number of hydrogen-bond acceptors (Lipinski definition) is 4. The highest BCUT2D eigenvalue weighted by Gasteiger charge is 2.23. The van der Waals surface area contributed by atoms with Crippen molar-refractivity contribution in [3.05, 3.63) is 48.0 Å². The Bertz CT molecular complexity index is 913. The van der Waals surface area contributed by atoms with Crippen LogP contribution in [0.3, 0.4) is 0 Å². The first-order valence-corrected chi connectivity index (χ1v) is 10.6. The van der Waals surface area contributed by atoms with Gasteiger partial charge in [-0.05, 0) is 43.2 Å². The molecule has 1 N–H and O–H groups in total. The number of nitrogens with one attached hydrogen (secondary N) is 1. The van der Waals surface area contributed by atoms with E-state index in [4.69, 9.17) is 4.74 Å². The lowest BCUT2D eigenvalue weighted by Crippen LogP contribution is -2.35. The van der Waals surface area contributed by atoms with Crippen molar-refractivity contribution >= 4 is 34.0 Å². The molecule has 1 saturated heterocycles. The number of hydrogen-bond donors (Lipinski definition) is 1. The molecule has 1 fully saturated rings. The van der Waals surface area contributed by atoms with Gasteiger partial charge in [0.15, 0.2) is 0 Å². The van der Waals surface area contributed by atoms with Crippen LogP contribution in [0.1, 0.15) is 36.5 Å². The maximum atomic E-state index is 12.8. The number of piperidine rings is 1. The zero-order valence-electron chi connectivity index (χ0n) is 16.1. The molecule has 0 radical (unpaired) electrons. The second-order valence-electron chi connectivity index (χ2n) is 6.47. The number of carbonyl (C=O) groups excluding carboxylic acids is 2. The maximum Gasteiger partial charge on any atom is 0.256 e. The van der Waals surface area contributed by atoms with E-state index in [0.717, 1.165) is 12.8 Å². The highest BCUT2D eigenvalue weighted by atomic mass is 32.2. The van der Waals surface area contributed by atoms with Crippen LogP contribution in [-0.4, -0.2) is 35.4 Å². The topological polar surface area (TPSA) is 75.7 Å². The van der Waals surface area contributed by atoms with Crippen LogP contribution in [0.4, 0.5) is 11.4 Å². The van der Waals surface area contributed by atoms with Gasteiger partial charge in [0.25, 0.3) is 5.91 Å². The Morgan fingerprint density at radius 3 is 2.71 bits per heavy atom. The molecule has 1 aliphatic rings. The molecule has 1 aliphatic heterocycles. The van der Waals surface area contributed by atoms with Gasteiger partial charge in [0, 0.05) is 24.4 Å². The zero-order valence-corrected chi connectivity index (χ0v) is 16.9. The van der Waals surface area contributed by atoms with Crippen LogP contribution in [0.25, 0.3) is 0 Å². The quantitative estimate of drug-likeness (QED) is 0.804. The van der Waals surface area contributed by atoms with Crippen LogP contribution in [0.5, 0.6) is 5.75 Å². The summed E-state index contributed by atoms with van der Waals surface area (Å²) in [6.45, 7) is 2.45. The van der Waals surface area contributed by atoms with Crippen molar-refractivity contribution in [1.82, 2.24) is 0 Å². The van der Waals surface area contributed by atoms with Crippen LogP contribution in [0.15, 0.2) is 47.4 Å². The second-order valence-corrected chi connectivity index (χ2v) is 8.18. The molecular weight excluding hydrogens is 376 g/mol. The minimum atomic E-state index is -1.23. The van der Waals surface area contributed by atoms with E-state index in [9.17, 15) is 13.8 Å². The molecule has 3 rings (SSSR count). The van der Waals surface area contributed by atoms with E-state index in [0.29, 0.717) is 46.3 Å². The summed E-state index contributed by atoms with van der Waals surface area (Å²) in [5.41, 5.74) is 1.58. The fraction of sp³-hybridized carbons (Fsp3) is 0.333. The van der Waals surface area contributed by atoms with Crippen LogP contribution >= 0.6 is 0 Å². The predicted molar refractivity (Wildman–Crippen MR) is 111 cm³/mol. The zero-order chi connectivity index (χ0) is 20.1. The molecule has 1 atom stereocenters. The van der Waals surface area contributed by atoms with Crippen molar-refractivity contribution in [3.8, 4) is 5.75 Å². The number of methoxy groups -OCH3 is 1. The lowest BCUT2D eigenvalue weighted by atomic mass is 10.1. The van der Waals surface area contributed by atoms with E-state index in [1.165, 1.54) is 0 Å². The molecule has 1 heterocycles. The predicted octanol–water partition coefficient (Wildman–Crippen LogP) is 3.59. The fourth-order valence-electron chi connectivity index (χ4n) is 3.25. The van der Waals surface area contributed by atoms with Crippen molar-refractivity contribution in [3.63, 3.8) is 0 Å². The third kappa shape index (κ3) is 4.25. The number of anilines is 2. The average Bonchev–Trinajstić information content (AvgIpc) is 2.73. The van der Waals surface area contributed by atoms with E-state index in [1.807, 2.05) is 6.92 Å². The minimum Gasteiger partial charge on any atom is -0.495 e. The number of ether oxygens (including phenoxy) is 1. The number of benzene rings is 2. The Hall–Kier alpha value is -2.67. The molecule has 0 bridgehead atoms. The molecule has 148 valence electrons. The molecule has 28 heavy (non-hydrogen) atoms. The Labute approximate surface area is 167 Å². The van der Waals surface area contributed by atoms with Gasteiger partial charge >= 0.3 is 0 Å². The monoisotopic (exact) mass is 400 g/mol. The first kappa shape index (κ1) is 20.1. The first-order valence-electron chi connectivity index (χ1n) is 9.32. The van der Waals surface area contributed by atoms with Crippen molar-refractivity contribution in [2.24, 2.45) is 0 Å². The van der Waals surface area contributed by atoms with Crippen LogP contribution in [0, 0.1) is 0 Å². The van der Waals surface area contributed by atoms with E-state index in [1.54, 1.807) is 54.5 Å². The van der Waals surface area contributed by atoms with Crippen LogP contribution in [-0.2, 0) is 15.6 Å². The number of amides is 2. The van der Waals surface area contributed by atoms with Crippen molar-refractivity contribution in [1.29, 1.82) is 0 Å². The van der Waals surface area contributed by atoms with Crippen LogP contribution < -0.4 is 15.0 Å². The Balaban J connectivity index is 1.89. The van der Waals surface area contributed by atoms with E-state index >= 15 is 0 Å². The van der Waals surface area contributed by atoms with Crippen molar-refractivity contribution in [2.45, 2.75) is 31.1 Å². The van der Waals surface area contributed by atoms with Gasteiger partial charge < -0.3 is 15.0 Å². The summed E-state index contributed by atoms with van der Waals surface area (Å²) < 4.78 is 17.7. The third-order valence-electron chi connectivity index (χ3n) is 4.69. The SMILES string of the molecule is CCS(=O)c1ccccc1C(=O)Nc1ccc(OC)c(N2CCCCC2=O)c1. The molecule has 1 unspecified atom stereocenters. The Kier molecular flexibility index (Phi) is 6.46. The summed E-state index contributed by atoms with van der Waals surface area (Å²) in [7, 11) is 0.325. The largest absolute Gasteiger partial charge is 0.495 e. The lowest BCUT2D eigenvalue weighted by Gasteiger charge is -2.28. The van der Waals surface area contributed by atoms with Gasteiger partial charge in [0.2, 0.25) is 5.91 Å². The van der Waals surface area contributed by atoms with E-state index in [2.05, 4.69) is 5.32 Å². The standard InChI is InChI=1S/C21H24N2O4S/c1-3-28(26)19-9-5-4-8-16(19)21(25)22-15-11-12-18(27-2)17(14-15)23-13-7-6-10-20(23)24/h4-5,8-9,11-12,14H,3,6-7,10,13H2,1-2H3,(H,22,25). The molecule has 2 aromatic rings. The van der Waals surface area contributed by atoms with Gasteiger partial charge in [-0.15, -0.1) is 0 Å². The molecule has 0 aliphatic carbocycles. The molecule has 0 saturated carbocycles. The normalized spacial score (nSPS) is 15.2. The van der Waals surface area contributed by atoms with Gasteiger partial charge in [-0.25, -0.2) is 0 Å². The highest BCUT2D eigenvalue weighted by molar-refractivity contribution is 7.85. The Morgan fingerprint density at radius 1 is 1.21 bits per heavy atom.